The van der Waals surface area contributed by atoms with E-state index in [1.165, 1.54) is 16.9 Å². The number of nitrogens with zero attached hydrogens (tertiary/aromatic N) is 3. The van der Waals surface area contributed by atoms with Gasteiger partial charge in [-0.25, -0.2) is 8.42 Å². The normalized spacial score (nSPS) is 11.8. The molecule has 37 heavy (non-hydrogen) atoms. The molecule has 2 rings (SSSR count). The molecule has 0 aromatic heterocycles. The van der Waals surface area contributed by atoms with Crippen LogP contribution in [0.25, 0.3) is 0 Å². The number of ether oxygens (including phenoxy) is 2. The van der Waals surface area contributed by atoms with Crippen molar-refractivity contribution in [3.8, 4) is 5.75 Å². The first-order chi connectivity index (χ1) is 16.7. The Morgan fingerprint density at radius 1 is 0.973 bits per heavy atom. The number of carbonyl (C=O) groups excluding carboxylic acids is 1. The Bertz CT molecular complexity index is 1110. The third-order valence-corrected chi connectivity index (χ3v) is 8.22. The topological polar surface area (TPSA) is 76.1 Å². The second kappa shape index (κ2) is 14.4. The van der Waals surface area contributed by atoms with Gasteiger partial charge in [-0.2, -0.15) is 4.31 Å². The predicted octanol–water partition coefficient (Wildman–Crippen LogP) is -0.140. The van der Waals surface area contributed by atoms with Gasteiger partial charge in [0.25, 0.3) is 0 Å². The van der Waals surface area contributed by atoms with Crippen molar-refractivity contribution in [2.45, 2.75) is 31.7 Å². The number of sulfonamides is 1. The number of halogens is 1. The fraction of sp³-hybridized carbons (Fsp3) is 0.519. The minimum absolute atomic E-state index is 0. The Labute approximate surface area is 240 Å². The minimum Gasteiger partial charge on any atom is -1.00 e. The van der Waals surface area contributed by atoms with E-state index in [9.17, 15) is 13.2 Å². The fourth-order valence-electron chi connectivity index (χ4n) is 3.81. The van der Waals surface area contributed by atoms with Gasteiger partial charge in [-0.15, -0.1) is 0 Å². The van der Waals surface area contributed by atoms with E-state index in [0.717, 1.165) is 23.0 Å². The van der Waals surface area contributed by atoms with E-state index in [2.05, 4.69) is 45.4 Å². The zero-order valence-corrected chi connectivity index (χ0v) is 26.3. The lowest BCUT2D eigenvalue weighted by atomic mass is 10.1. The van der Waals surface area contributed by atoms with Crippen LogP contribution in [-0.2, 0) is 32.5 Å². The first kappa shape index (κ1) is 33.3. The molecule has 0 saturated carbocycles. The van der Waals surface area contributed by atoms with Crippen LogP contribution in [0.3, 0.4) is 0 Å². The summed E-state index contributed by atoms with van der Waals surface area (Å²) in [6.07, 6.45) is 1.01. The van der Waals surface area contributed by atoms with E-state index in [1.54, 1.807) is 45.0 Å². The molecule has 0 heterocycles. The van der Waals surface area contributed by atoms with Crippen molar-refractivity contribution < 1.29 is 51.1 Å². The van der Waals surface area contributed by atoms with Gasteiger partial charge in [-0.1, -0.05) is 24.3 Å². The molecular formula is C27H42IN3O5S. The van der Waals surface area contributed by atoms with Crippen molar-refractivity contribution in [2.24, 2.45) is 0 Å². The van der Waals surface area contributed by atoms with Crippen LogP contribution in [0.4, 0.5) is 0 Å². The number of benzene rings is 2. The van der Waals surface area contributed by atoms with Crippen LogP contribution in [0.1, 0.15) is 22.3 Å². The number of amides is 1. The molecule has 0 saturated heterocycles. The maximum Gasteiger partial charge on any atom is 0.248 e. The zero-order chi connectivity index (χ0) is 27.1. The Morgan fingerprint density at radius 3 is 2.03 bits per heavy atom. The van der Waals surface area contributed by atoms with Crippen molar-refractivity contribution in [2.75, 3.05) is 68.7 Å². The van der Waals surface area contributed by atoms with Gasteiger partial charge in [0.1, 0.15) is 12.4 Å². The smallest absolute Gasteiger partial charge is 0.248 e. The Kier molecular flexibility index (Phi) is 13.0. The van der Waals surface area contributed by atoms with Crippen LogP contribution in [-0.4, -0.2) is 96.7 Å². The van der Waals surface area contributed by atoms with Gasteiger partial charge in [0.15, 0.2) is 0 Å². The van der Waals surface area contributed by atoms with Crippen molar-refractivity contribution >= 4 is 15.9 Å². The Morgan fingerprint density at radius 2 is 1.51 bits per heavy atom. The first-order valence-electron chi connectivity index (χ1n) is 12.1. The van der Waals surface area contributed by atoms with Gasteiger partial charge in [0.05, 0.1) is 46.3 Å². The van der Waals surface area contributed by atoms with Crippen molar-refractivity contribution in [1.29, 1.82) is 0 Å². The van der Waals surface area contributed by atoms with Gasteiger partial charge in [-0.05, 0) is 48.2 Å². The van der Waals surface area contributed by atoms with E-state index >= 15 is 0 Å². The maximum atomic E-state index is 13.1. The highest BCUT2D eigenvalue weighted by Crippen LogP contribution is 2.27. The molecule has 8 nitrogen and oxygen atoms in total. The quantitative estimate of drug-likeness (QED) is 0.172. The highest BCUT2D eigenvalue weighted by atomic mass is 127. The van der Waals surface area contributed by atoms with Gasteiger partial charge in [0, 0.05) is 33.6 Å². The van der Waals surface area contributed by atoms with Crippen molar-refractivity contribution in [3.05, 3.63) is 58.7 Å². The van der Waals surface area contributed by atoms with Gasteiger partial charge < -0.3 is 42.8 Å². The number of hydrogen-bond acceptors (Lipinski definition) is 5. The molecule has 0 radical (unpaired) electrons. The molecule has 1 amide bonds. The number of aryl methyl sites for hydroxylation is 2. The Hall–Kier alpha value is -1.73. The third-order valence-electron chi connectivity index (χ3n) is 6.05. The summed E-state index contributed by atoms with van der Waals surface area (Å²) < 4.78 is 39.1. The predicted molar refractivity (Wildman–Crippen MR) is 143 cm³/mol. The monoisotopic (exact) mass is 647 g/mol. The summed E-state index contributed by atoms with van der Waals surface area (Å²) in [6, 6.07) is 11.7. The number of likely N-dealkylation sites (N-methyl/N-ethyl adjacent to an activating group) is 3. The fourth-order valence-corrected chi connectivity index (χ4v) is 5.37. The zero-order valence-electron chi connectivity index (χ0n) is 23.4. The summed E-state index contributed by atoms with van der Waals surface area (Å²) >= 11 is 0. The average Bonchev–Trinajstić information content (AvgIpc) is 2.79. The van der Waals surface area contributed by atoms with Gasteiger partial charge in [0.2, 0.25) is 15.9 Å². The SMILES string of the molecule is COc1cc(C)c(S(=O)(=O)N(C)CCOCC(=O)N(C)Cc2ccc(CC[N+](C)(C)C)cc2)c(C)c1.[I-]. The first-order valence-corrected chi connectivity index (χ1v) is 13.5. The molecule has 0 spiro atoms. The number of quaternary nitrogens is 1. The molecule has 0 fully saturated rings. The standard InChI is InChI=1S/C27H42N3O5S.HI/c1-21-17-25(34-8)18-22(2)27(21)36(32,33)29(4)14-16-35-20-26(31)28(3)19-24-11-9-23(10-12-24)13-15-30(5,6)7;/h9-12,17-18H,13-16,19-20H2,1-8H3;1H/q+1;/p-1. The molecule has 0 N–H and O–H groups in total. The van der Waals surface area contributed by atoms with Crippen LogP contribution < -0.4 is 28.7 Å². The summed E-state index contributed by atoms with van der Waals surface area (Å²) in [5.41, 5.74) is 3.58. The van der Waals surface area contributed by atoms with E-state index in [0.29, 0.717) is 23.4 Å². The molecule has 0 bridgehead atoms. The molecule has 10 heteroatoms. The average molecular weight is 648 g/mol. The minimum atomic E-state index is -3.70. The maximum absolute atomic E-state index is 13.1. The van der Waals surface area contributed by atoms with Crippen LogP contribution in [0.15, 0.2) is 41.3 Å². The summed E-state index contributed by atoms with van der Waals surface area (Å²) in [6.45, 7) is 5.20. The van der Waals surface area contributed by atoms with Crippen molar-refractivity contribution in [3.63, 3.8) is 0 Å². The van der Waals surface area contributed by atoms with Gasteiger partial charge >= 0.3 is 0 Å². The molecule has 2 aromatic rings. The summed E-state index contributed by atoms with van der Waals surface area (Å²) in [5, 5.41) is 0. The molecule has 0 unspecified atom stereocenters. The van der Waals surface area contributed by atoms with E-state index in [-0.39, 0.29) is 54.5 Å². The lowest BCUT2D eigenvalue weighted by Crippen LogP contribution is -3.00. The molecule has 0 aliphatic heterocycles. The summed E-state index contributed by atoms with van der Waals surface area (Å²) in [5.74, 6) is 0.463. The Balaban J connectivity index is 0.00000684. The second-order valence-electron chi connectivity index (χ2n) is 10.3. The second-order valence-corrected chi connectivity index (χ2v) is 12.3. The number of rotatable bonds is 13. The summed E-state index contributed by atoms with van der Waals surface area (Å²) in [7, 11) is 7.64. The van der Waals surface area contributed by atoms with Gasteiger partial charge in [-0.3, -0.25) is 4.79 Å². The third kappa shape index (κ3) is 10.2. The van der Waals surface area contributed by atoms with Crippen LogP contribution in [0.2, 0.25) is 0 Å². The molecule has 0 aliphatic rings. The van der Waals surface area contributed by atoms with E-state index in [1.807, 2.05) is 0 Å². The van der Waals surface area contributed by atoms with Crippen LogP contribution in [0.5, 0.6) is 5.75 Å². The van der Waals surface area contributed by atoms with E-state index in [4.69, 9.17) is 9.47 Å². The molecule has 208 valence electrons. The molecular weight excluding hydrogens is 605 g/mol. The number of carbonyl (C=O) groups is 1. The van der Waals surface area contributed by atoms with Crippen LogP contribution in [0, 0.1) is 13.8 Å². The highest BCUT2D eigenvalue weighted by Gasteiger charge is 2.25. The largest absolute Gasteiger partial charge is 1.00 e. The molecule has 2 aromatic carbocycles. The number of methoxy groups -OCH3 is 1. The highest BCUT2D eigenvalue weighted by molar-refractivity contribution is 7.89. The lowest BCUT2D eigenvalue weighted by Gasteiger charge is -2.23. The van der Waals surface area contributed by atoms with Crippen molar-refractivity contribution in [1.82, 2.24) is 9.21 Å². The lowest BCUT2D eigenvalue weighted by molar-refractivity contribution is -0.870. The van der Waals surface area contributed by atoms with Crippen LogP contribution >= 0.6 is 0 Å². The van der Waals surface area contributed by atoms with E-state index < -0.39 is 10.0 Å². The molecule has 0 atom stereocenters. The summed E-state index contributed by atoms with van der Waals surface area (Å²) in [4.78, 5) is 14.4. The number of hydrogen-bond donors (Lipinski definition) is 0. The molecule has 0 aliphatic carbocycles.